The minimum Gasteiger partial charge on any atom is -0.463 e. The SMILES string of the molecule is CC/C=C\C/C=C\C/C=C\C/C=C\C/C=C\C/C=C\C/C=C\CC(=O)OCC(O)COP(=O)(O)OCCNC(=O)CCCCCCCCCCCCCCCC. The summed E-state index contributed by atoms with van der Waals surface area (Å²) >= 11 is 0. The van der Waals surface area contributed by atoms with Gasteiger partial charge in [-0.25, -0.2) is 4.57 Å². The van der Waals surface area contributed by atoms with Crippen LogP contribution in [0.2, 0.25) is 0 Å². The molecule has 2 unspecified atom stereocenters. The fourth-order valence-electron chi connectivity index (χ4n) is 5.41. The molecule has 9 nitrogen and oxygen atoms in total. The van der Waals surface area contributed by atoms with Crippen LogP contribution in [-0.2, 0) is 27.9 Å². The zero-order valence-electron chi connectivity index (χ0n) is 35.0. The van der Waals surface area contributed by atoms with Crippen molar-refractivity contribution in [3.05, 3.63) is 85.1 Å². The fraction of sp³-hybridized carbons (Fsp3) is 0.652. The second kappa shape index (κ2) is 41.8. The van der Waals surface area contributed by atoms with E-state index in [9.17, 15) is 24.2 Å². The van der Waals surface area contributed by atoms with Gasteiger partial charge < -0.3 is 20.1 Å². The number of aliphatic hydroxyl groups excluding tert-OH is 1. The molecule has 0 aromatic rings. The molecule has 0 saturated carbocycles. The number of ether oxygens (including phenoxy) is 1. The quantitative estimate of drug-likeness (QED) is 0.0242. The molecule has 320 valence electrons. The van der Waals surface area contributed by atoms with Crippen LogP contribution in [0.4, 0.5) is 0 Å². The number of unbranched alkanes of at least 4 members (excludes halogenated alkanes) is 13. The normalized spacial score (nSPS) is 14.1. The number of hydrogen-bond acceptors (Lipinski definition) is 7. The Balaban J connectivity index is 3.76. The number of amides is 1. The Kier molecular flexibility index (Phi) is 39.7. The van der Waals surface area contributed by atoms with Gasteiger partial charge in [0.15, 0.2) is 0 Å². The van der Waals surface area contributed by atoms with Crippen LogP contribution in [0.3, 0.4) is 0 Å². The van der Waals surface area contributed by atoms with E-state index in [-0.39, 0.29) is 32.1 Å². The predicted molar refractivity (Wildman–Crippen MR) is 233 cm³/mol. The van der Waals surface area contributed by atoms with Crippen molar-refractivity contribution in [3.63, 3.8) is 0 Å². The molecule has 0 aromatic carbocycles. The molecule has 1 amide bonds. The lowest BCUT2D eigenvalue weighted by Crippen LogP contribution is -2.27. The number of hydrogen-bond donors (Lipinski definition) is 3. The van der Waals surface area contributed by atoms with Crippen molar-refractivity contribution < 1.29 is 37.9 Å². The molecule has 0 heterocycles. The number of nitrogens with one attached hydrogen (secondary N) is 1. The lowest BCUT2D eigenvalue weighted by molar-refractivity contribution is -0.146. The first kappa shape index (κ1) is 53.2. The zero-order chi connectivity index (χ0) is 41.1. The molecule has 0 fully saturated rings. The molecule has 0 radical (unpaired) electrons. The van der Waals surface area contributed by atoms with Crippen molar-refractivity contribution in [1.29, 1.82) is 0 Å². The Bertz CT molecular complexity index is 1190. The molecule has 0 spiro atoms. The van der Waals surface area contributed by atoms with Gasteiger partial charge >= 0.3 is 13.8 Å². The van der Waals surface area contributed by atoms with Crippen molar-refractivity contribution in [3.8, 4) is 0 Å². The zero-order valence-corrected chi connectivity index (χ0v) is 35.9. The summed E-state index contributed by atoms with van der Waals surface area (Å²) in [7, 11) is -4.44. The van der Waals surface area contributed by atoms with Crippen LogP contribution in [-0.4, -0.2) is 54.3 Å². The summed E-state index contributed by atoms with van der Waals surface area (Å²) in [5, 5.41) is 12.7. The Morgan fingerprint density at radius 1 is 0.571 bits per heavy atom. The van der Waals surface area contributed by atoms with Crippen LogP contribution in [0.5, 0.6) is 0 Å². The van der Waals surface area contributed by atoms with E-state index in [1.54, 1.807) is 6.08 Å². The van der Waals surface area contributed by atoms with Gasteiger partial charge in [0.2, 0.25) is 5.91 Å². The molecule has 0 aromatic heterocycles. The molecule has 0 aliphatic heterocycles. The van der Waals surface area contributed by atoms with Gasteiger partial charge in [-0.1, -0.05) is 182 Å². The third-order valence-corrected chi connectivity index (χ3v) is 9.61. The number of carbonyl (C=O) groups excluding carboxylic acids is 2. The number of rotatable bonds is 39. The molecule has 0 rings (SSSR count). The molecule has 0 aliphatic carbocycles. The number of aliphatic hydroxyl groups is 1. The highest BCUT2D eigenvalue weighted by Crippen LogP contribution is 2.42. The van der Waals surface area contributed by atoms with Gasteiger partial charge in [0.25, 0.3) is 0 Å². The van der Waals surface area contributed by atoms with Crippen LogP contribution >= 0.6 is 7.82 Å². The van der Waals surface area contributed by atoms with Crippen molar-refractivity contribution in [1.82, 2.24) is 5.32 Å². The number of carbonyl (C=O) groups is 2. The van der Waals surface area contributed by atoms with E-state index in [1.165, 1.54) is 70.6 Å². The maximum Gasteiger partial charge on any atom is 0.472 e. The first-order chi connectivity index (χ1) is 27.3. The minimum absolute atomic E-state index is 0.0446. The molecular weight excluding hydrogens is 725 g/mol. The van der Waals surface area contributed by atoms with Crippen LogP contribution in [0, 0.1) is 0 Å². The summed E-state index contributed by atoms with van der Waals surface area (Å²) in [6.45, 7) is 3.31. The van der Waals surface area contributed by atoms with E-state index < -0.39 is 26.5 Å². The number of esters is 1. The molecule has 56 heavy (non-hydrogen) atoms. The molecule has 0 bridgehead atoms. The summed E-state index contributed by atoms with van der Waals surface area (Å²) in [5.74, 6) is -0.654. The van der Waals surface area contributed by atoms with Gasteiger partial charge in [-0.05, 0) is 51.4 Å². The van der Waals surface area contributed by atoms with E-state index in [4.69, 9.17) is 13.8 Å². The smallest absolute Gasteiger partial charge is 0.463 e. The maximum atomic E-state index is 12.1. The van der Waals surface area contributed by atoms with Gasteiger partial charge in [0, 0.05) is 13.0 Å². The van der Waals surface area contributed by atoms with Crippen molar-refractivity contribution in [2.45, 2.75) is 168 Å². The molecular formula is C46H78NO8P. The van der Waals surface area contributed by atoms with Crippen LogP contribution in [0.1, 0.15) is 162 Å². The second-order valence-corrected chi connectivity index (χ2v) is 15.4. The lowest BCUT2D eigenvalue weighted by Gasteiger charge is -2.15. The predicted octanol–water partition coefficient (Wildman–Crippen LogP) is 12.0. The molecule has 0 saturated heterocycles. The second-order valence-electron chi connectivity index (χ2n) is 14.0. The first-order valence-electron chi connectivity index (χ1n) is 21.6. The van der Waals surface area contributed by atoms with E-state index in [1.807, 2.05) is 12.2 Å². The Hall–Kier alpha value is -2.81. The Morgan fingerprint density at radius 3 is 1.43 bits per heavy atom. The van der Waals surface area contributed by atoms with Crippen molar-refractivity contribution in [2.24, 2.45) is 0 Å². The summed E-state index contributed by atoms with van der Waals surface area (Å²) in [6.07, 6.45) is 52.5. The minimum atomic E-state index is -4.44. The van der Waals surface area contributed by atoms with E-state index >= 15 is 0 Å². The van der Waals surface area contributed by atoms with E-state index in [0.717, 1.165) is 57.8 Å². The van der Waals surface area contributed by atoms with E-state index in [2.05, 4.69) is 86.0 Å². The van der Waals surface area contributed by atoms with Gasteiger partial charge in [-0.15, -0.1) is 0 Å². The average Bonchev–Trinajstić information content (AvgIpc) is 3.18. The monoisotopic (exact) mass is 804 g/mol. The standard InChI is InChI=1S/C46H78NO8P/c1-3-5-7-9-11-13-15-17-19-20-21-22-23-24-25-27-29-31-33-35-37-39-46(50)53-42-44(48)43-55-56(51,52)54-41-40-47-45(49)38-36-34-32-30-28-26-18-16-14-12-10-8-6-4-2/h5,7,11,13,17,19,21-22,24-25,29,31,35,37,44,48H,3-4,6,8-10,12,14-16,18,20,23,26-28,30,32-34,36,38-43H2,1-2H3,(H,47,49)(H,51,52)/b7-5-,13-11-,19-17-,22-21-,25-24-,31-29-,37-35-. The van der Waals surface area contributed by atoms with Crippen molar-refractivity contribution in [2.75, 3.05) is 26.4 Å². The van der Waals surface area contributed by atoms with Gasteiger partial charge in [0.1, 0.15) is 12.7 Å². The highest BCUT2D eigenvalue weighted by atomic mass is 31.2. The number of allylic oxidation sites excluding steroid dienone is 13. The average molecular weight is 804 g/mol. The Labute approximate surface area is 341 Å². The third-order valence-electron chi connectivity index (χ3n) is 8.62. The summed E-state index contributed by atoms with van der Waals surface area (Å²) in [4.78, 5) is 33.8. The fourth-order valence-corrected chi connectivity index (χ4v) is 6.16. The summed E-state index contributed by atoms with van der Waals surface area (Å²) in [6, 6.07) is 0. The molecule has 2 atom stereocenters. The van der Waals surface area contributed by atoms with Crippen LogP contribution in [0.15, 0.2) is 85.1 Å². The largest absolute Gasteiger partial charge is 0.472 e. The topological polar surface area (TPSA) is 131 Å². The first-order valence-corrected chi connectivity index (χ1v) is 23.1. The van der Waals surface area contributed by atoms with Gasteiger partial charge in [-0.3, -0.25) is 18.6 Å². The molecule has 0 aliphatic rings. The molecule has 3 N–H and O–H groups in total. The number of phosphoric acid groups is 1. The maximum absolute atomic E-state index is 12.1. The summed E-state index contributed by atoms with van der Waals surface area (Å²) < 4.78 is 26.8. The molecule has 10 heteroatoms. The Morgan fingerprint density at radius 2 is 0.982 bits per heavy atom. The van der Waals surface area contributed by atoms with Gasteiger partial charge in [0.05, 0.1) is 19.6 Å². The van der Waals surface area contributed by atoms with Crippen LogP contribution in [0.25, 0.3) is 0 Å². The number of phosphoric ester groups is 1. The highest BCUT2D eigenvalue weighted by molar-refractivity contribution is 7.47. The lowest BCUT2D eigenvalue weighted by atomic mass is 10.0. The third kappa shape index (κ3) is 42.3. The van der Waals surface area contributed by atoms with Crippen molar-refractivity contribution >= 4 is 19.7 Å². The highest BCUT2D eigenvalue weighted by Gasteiger charge is 2.23. The van der Waals surface area contributed by atoms with Gasteiger partial charge in [-0.2, -0.15) is 0 Å². The summed E-state index contributed by atoms with van der Waals surface area (Å²) in [5.41, 5.74) is 0. The van der Waals surface area contributed by atoms with E-state index in [0.29, 0.717) is 12.8 Å². The van der Waals surface area contributed by atoms with Crippen LogP contribution < -0.4 is 5.32 Å².